The highest BCUT2D eigenvalue weighted by atomic mass is 31.2. The van der Waals surface area contributed by atoms with Crippen molar-refractivity contribution in [3.05, 3.63) is 0 Å². The SMILES string of the molecule is CCCCCCC1CC1CCCCCCCCCC(=O)OC[C@@H](O)COP(=O)(O)OCC[N+](C)(C)C. The van der Waals surface area contributed by atoms with Crippen LogP contribution in [0.1, 0.15) is 103 Å². The second-order valence-electron chi connectivity index (χ2n) is 11.6. The van der Waals surface area contributed by atoms with Crippen LogP contribution < -0.4 is 0 Å². The van der Waals surface area contributed by atoms with Crippen molar-refractivity contribution in [3.8, 4) is 0 Å². The van der Waals surface area contributed by atoms with Crippen LogP contribution in [-0.4, -0.2) is 74.1 Å². The summed E-state index contributed by atoms with van der Waals surface area (Å²) < 4.78 is 27.1. The predicted octanol–water partition coefficient (Wildman–Crippen LogP) is 5.85. The molecule has 0 heterocycles. The van der Waals surface area contributed by atoms with Gasteiger partial charge in [-0.2, -0.15) is 0 Å². The second kappa shape index (κ2) is 18.7. The summed E-state index contributed by atoms with van der Waals surface area (Å²) in [7, 11) is 1.57. The lowest BCUT2D eigenvalue weighted by molar-refractivity contribution is -0.870. The number of aliphatic hydroxyl groups excluding tert-OH is 1. The molecule has 3 unspecified atom stereocenters. The molecule has 214 valence electrons. The minimum atomic E-state index is -4.24. The minimum Gasteiger partial charge on any atom is -0.463 e. The summed E-state index contributed by atoms with van der Waals surface area (Å²) in [5, 5.41) is 9.85. The zero-order chi connectivity index (χ0) is 26.9. The van der Waals surface area contributed by atoms with Gasteiger partial charge in [-0.3, -0.25) is 13.8 Å². The van der Waals surface area contributed by atoms with Crippen molar-refractivity contribution in [2.45, 2.75) is 109 Å². The van der Waals surface area contributed by atoms with Crippen LogP contribution in [-0.2, 0) is 23.1 Å². The molecular weight excluding hydrogens is 481 g/mol. The van der Waals surface area contributed by atoms with Crippen molar-refractivity contribution in [3.63, 3.8) is 0 Å². The van der Waals surface area contributed by atoms with E-state index in [2.05, 4.69) is 6.92 Å². The standard InChI is InChI=1S/C27H54NO7P/c1-5-6-7-13-16-24-21-25(24)17-14-11-9-8-10-12-15-18-27(30)33-22-26(29)23-35-36(31,32)34-20-19-28(2,3)4/h24-26,29H,5-23H2,1-4H3/p+1/t24?,25?,26-/m1/s1. The summed E-state index contributed by atoms with van der Waals surface area (Å²) >= 11 is 0. The van der Waals surface area contributed by atoms with E-state index >= 15 is 0 Å². The molecule has 0 aromatic carbocycles. The highest BCUT2D eigenvalue weighted by Crippen LogP contribution is 2.46. The van der Waals surface area contributed by atoms with E-state index in [1.165, 1.54) is 70.6 Å². The highest BCUT2D eigenvalue weighted by molar-refractivity contribution is 7.47. The molecule has 0 aromatic rings. The van der Waals surface area contributed by atoms with Gasteiger partial charge in [-0.15, -0.1) is 0 Å². The number of unbranched alkanes of at least 4 members (excludes halogenated alkanes) is 9. The Kier molecular flexibility index (Phi) is 17.4. The number of aliphatic hydroxyl groups is 1. The molecule has 36 heavy (non-hydrogen) atoms. The maximum absolute atomic E-state index is 11.8. The van der Waals surface area contributed by atoms with Crippen LogP contribution in [0.2, 0.25) is 0 Å². The molecule has 1 rings (SSSR count). The average molecular weight is 537 g/mol. The van der Waals surface area contributed by atoms with Crippen molar-refractivity contribution in [2.75, 3.05) is 47.5 Å². The molecule has 0 spiro atoms. The Morgan fingerprint density at radius 3 is 2.03 bits per heavy atom. The summed E-state index contributed by atoms with van der Waals surface area (Å²) in [5.41, 5.74) is 0. The zero-order valence-electron chi connectivity index (χ0n) is 23.5. The molecule has 0 radical (unpaired) electrons. The molecule has 1 aliphatic rings. The van der Waals surface area contributed by atoms with E-state index in [9.17, 15) is 19.4 Å². The lowest BCUT2D eigenvalue weighted by atomic mass is 10.0. The first-order valence-corrected chi connectivity index (χ1v) is 15.8. The Morgan fingerprint density at radius 2 is 1.44 bits per heavy atom. The molecule has 0 aromatic heterocycles. The lowest BCUT2D eigenvalue weighted by Gasteiger charge is -2.24. The van der Waals surface area contributed by atoms with Crippen molar-refractivity contribution < 1.29 is 37.6 Å². The number of quaternary nitrogens is 1. The lowest BCUT2D eigenvalue weighted by Crippen LogP contribution is -2.37. The maximum Gasteiger partial charge on any atom is 0.472 e. The van der Waals surface area contributed by atoms with Gasteiger partial charge in [-0.25, -0.2) is 4.57 Å². The molecule has 0 aliphatic heterocycles. The van der Waals surface area contributed by atoms with E-state index < -0.39 is 20.5 Å². The normalized spacial score (nSPS) is 20.2. The van der Waals surface area contributed by atoms with Crippen molar-refractivity contribution in [1.82, 2.24) is 0 Å². The fourth-order valence-electron chi connectivity index (χ4n) is 4.37. The Morgan fingerprint density at radius 1 is 0.889 bits per heavy atom. The van der Waals surface area contributed by atoms with E-state index in [4.69, 9.17) is 13.8 Å². The van der Waals surface area contributed by atoms with Crippen molar-refractivity contribution >= 4 is 13.8 Å². The van der Waals surface area contributed by atoms with Crippen LogP contribution >= 0.6 is 7.82 Å². The fraction of sp³-hybridized carbons (Fsp3) is 0.963. The first-order valence-electron chi connectivity index (χ1n) is 14.3. The van der Waals surface area contributed by atoms with Gasteiger partial charge in [-0.1, -0.05) is 84.0 Å². The van der Waals surface area contributed by atoms with E-state index in [1.54, 1.807) is 0 Å². The Hall–Kier alpha value is -0.500. The smallest absolute Gasteiger partial charge is 0.463 e. The van der Waals surface area contributed by atoms with Gasteiger partial charge in [-0.05, 0) is 24.7 Å². The van der Waals surface area contributed by atoms with Crippen LogP contribution in [0.5, 0.6) is 0 Å². The molecule has 1 aliphatic carbocycles. The van der Waals surface area contributed by atoms with Gasteiger partial charge in [0.05, 0.1) is 27.7 Å². The number of likely N-dealkylation sites (N-methyl/N-ethyl adjacent to an activating group) is 1. The predicted molar refractivity (Wildman–Crippen MR) is 144 cm³/mol. The third kappa shape index (κ3) is 19.6. The Labute approximate surface area is 220 Å². The average Bonchev–Trinajstić information content (AvgIpc) is 3.55. The van der Waals surface area contributed by atoms with Crippen LogP contribution in [0.3, 0.4) is 0 Å². The Balaban J connectivity index is 1.90. The molecule has 8 nitrogen and oxygen atoms in total. The summed E-state index contributed by atoms with van der Waals surface area (Å²) in [6.07, 6.45) is 17.1. The molecule has 0 bridgehead atoms. The minimum absolute atomic E-state index is 0.0580. The number of carbonyl (C=O) groups excluding carboxylic acids is 1. The molecule has 0 saturated heterocycles. The first-order chi connectivity index (χ1) is 17.0. The van der Waals surface area contributed by atoms with Gasteiger partial charge in [0.2, 0.25) is 0 Å². The molecule has 0 amide bonds. The van der Waals surface area contributed by atoms with Crippen molar-refractivity contribution in [1.29, 1.82) is 0 Å². The van der Waals surface area contributed by atoms with E-state index in [0.29, 0.717) is 17.4 Å². The Bertz CT molecular complexity index is 626. The summed E-state index contributed by atoms with van der Waals surface area (Å²) in [6.45, 7) is 2.16. The fourth-order valence-corrected chi connectivity index (χ4v) is 5.11. The molecule has 2 N–H and O–H groups in total. The summed E-state index contributed by atoms with van der Waals surface area (Å²) in [5.74, 6) is 1.68. The van der Waals surface area contributed by atoms with Gasteiger partial charge in [0, 0.05) is 6.42 Å². The molecular formula is C27H55NO7P+. The van der Waals surface area contributed by atoms with Gasteiger partial charge in [0.1, 0.15) is 25.9 Å². The third-order valence-corrected chi connectivity index (χ3v) is 7.82. The number of phosphoric ester groups is 1. The van der Waals surface area contributed by atoms with Gasteiger partial charge in [0.15, 0.2) is 0 Å². The number of phosphoric acid groups is 1. The molecule has 9 heteroatoms. The van der Waals surface area contributed by atoms with Crippen LogP contribution in [0.15, 0.2) is 0 Å². The largest absolute Gasteiger partial charge is 0.472 e. The van der Waals surface area contributed by atoms with Gasteiger partial charge in [0.25, 0.3) is 0 Å². The monoisotopic (exact) mass is 536 g/mol. The van der Waals surface area contributed by atoms with Crippen LogP contribution in [0.25, 0.3) is 0 Å². The molecule has 1 saturated carbocycles. The number of rotatable bonds is 24. The van der Waals surface area contributed by atoms with Gasteiger partial charge < -0.3 is 19.2 Å². The summed E-state index contributed by atoms with van der Waals surface area (Å²) in [6, 6.07) is 0. The zero-order valence-corrected chi connectivity index (χ0v) is 24.4. The quantitative estimate of drug-likeness (QED) is 0.0691. The molecule has 4 atom stereocenters. The van der Waals surface area contributed by atoms with E-state index in [-0.39, 0.29) is 19.2 Å². The number of ether oxygens (including phenoxy) is 1. The number of nitrogens with zero attached hydrogens (tertiary/aromatic N) is 1. The molecule has 1 fully saturated rings. The van der Waals surface area contributed by atoms with Crippen molar-refractivity contribution in [2.24, 2.45) is 11.8 Å². The number of carbonyl (C=O) groups is 1. The number of esters is 1. The number of hydrogen-bond acceptors (Lipinski definition) is 6. The van der Waals surface area contributed by atoms with Gasteiger partial charge >= 0.3 is 13.8 Å². The first kappa shape index (κ1) is 33.5. The highest BCUT2D eigenvalue weighted by Gasteiger charge is 2.35. The maximum atomic E-state index is 11.8. The summed E-state index contributed by atoms with van der Waals surface area (Å²) in [4.78, 5) is 21.5. The van der Waals surface area contributed by atoms with Crippen LogP contribution in [0.4, 0.5) is 0 Å². The third-order valence-electron chi connectivity index (χ3n) is 6.84. The van der Waals surface area contributed by atoms with E-state index in [1.807, 2.05) is 21.1 Å². The number of hydrogen-bond donors (Lipinski definition) is 2. The second-order valence-corrected chi connectivity index (χ2v) is 13.0. The van der Waals surface area contributed by atoms with E-state index in [0.717, 1.165) is 31.1 Å². The van der Waals surface area contributed by atoms with Crippen LogP contribution in [0, 0.1) is 11.8 Å². The topological polar surface area (TPSA) is 102 Å².